The minimum Gasteiger partial charge on any atom is -0.508 e. The number of aromatic hydroxyl groups is 1. The van der Waals surface area contributed by atoms with E-state index in [-0.39, 0.29) is 5.41 Å². The van der Waals surface area contributed by atoms with Crippen LogP contribution in [0.4, 0.5) is 0 Å². The highest BCUT2D eigenvalue weighted by atomic mass is 16.3. The molecule has 1 aliphatic heterocycles. The van der Waals surface area contributed by atoms with Crippen molar-refractivity contribution in [2.24, 2.45) is 11.8 Å². The number of hydrogen-bond acceptors (Lipinski definition) is 2. The van der Waals surface area contributed by atoms with Crippen LogP contribution in [0.1, 0.15) is 49.3 Å². The van der Waals surface area contributed by atoms with Gasteiger partial charge in [-0.05, 0) is 74.2 Å². The normalized spacial score (nSPS) is 28.7. The minimum absolute atomic E-state index is 0.261. The van der Waals surface area contributed by atoms with E-state index in [2.05, 4.69) is 49.1 Å². The molecule has 0 unspecified atom stereocenters. The average molecular weight is 364 g/mol. The number of phenols is 1. The Morgan fingerprint density at radius 2 is 1.93 bits per heavy atom. The smallest absolute Gasteiger partial charge is 0.115 e. The van der Waals surface area contributed by atoms with Gasteiger partial charge in [0.15, 0.2) is 0 Å². The number of hydrogen-bond donors (Lipinski definition) is 1. The van der Waals surface area contributed by atoms with Crippen molar-refractivity contribution in [3.05, 3.63) is 65.2 Å². The van der Waals surface area contributed by atoms with Crippen LogP contribution >= 0.6 is 0 Å². The van der Waals surface area contributed by atoms with Gasteiger partial charge < -0.3 is 10.0 Å². The summed E-state index contributed by atoms with van der Waals surface area (Å²) in [5.74, 6) is 1.91. The van der Waals surface area contributed by atoms with Crippen LogP contribution in [0, 0.1) is 18.8 Å². The summed E-state index contributed by atoms with van der Waals surface area (Å²) in [7, 11) is 0. The van der Waals surface area contributed by atoms with Crippen LogP contribution < -0.4 is 0 Å². The first-order valence-electron chi connectivity index (χ1n) is 10.6. The van der Waals surface area contributed by atoms with Crippen LogP contribution in [0.5, 0.6) is 5.75 Å². The van der Waals surface area contributed by atoms with Crippen molar-refractivity contribution in [3.8, 4) is 5.75 Å². The van der Waals surface area contributed by atoms with Crippen molar-refractivity contribution in [2.45, 2.75) is 51.4 Å². The zero-order chi connectivity index (χ0) is 18.9. The van der Waals surface area contributed by atoms with Gasteiger partial charge in [-0.3, -0.25) is 0 Å². The van der Waals surface area contributed by atoms with Crippen LogP contribution in [-0.4, -0.2) is 29.6 Å². The van der Waals surface area contributed by atoms with Gasteiger partial charge in [0.05, 0.1) is 0 Å². The van der Waals surface area contributed by atoms with Gasteiger partial charge in [0.1, 0.15) is 5.75 Å². The molecular weight excluding hydrogens is 330 g/mol. The lowest BCUT2D eigenvalue weighted by molar-refractivity contribution is 0.0390. The molecule has 2 heteroatoms. The van der Waals surface area contributed by atoms with E-state index in [1.807, 2.05) is 12.1 Å². The van der Waals surface area contributed by atoms with E-state index in [1.54, 1.807) is 6.07 Å². The fraction of sp³-hybridized carbons (Fsp3) is 0.520. The van der Waals surface area contributed by atoms with Crippen molar-refractivity contribution in [1.82, 2.24) is 4.90 Å². The maximum Gasteiger partial charge on any atom is 0.115 e. The predicted molar refractivity (Wildman–Crippen MR) is 112 cm³/mol. The fourth-order valence-electron chi connectivity index (χ4n) is 5.54. The molecule has 3 atom stereocenters. The van der Waals surface area contributed by atoms with E-state index >= 15 is 0 Å². The zero-order valence-corrected chi connectivity index (χ0v) is 16.8. The molecule has 1 saturated heterocycles. The van der Waals surface area contributed by atoms with Crippen molar-refractivity contribution in [3.63, 3.8) is 0 Å². The standard InChI is InChI=1S/C25H33NO/c1-19-6-9-21(10-7-19)12-14-26-15-13-25(22-4-3-5-24(27)16-22)17-20(2)8-11-23(25)18-26/h3-7,9-10,16,20,23,27H,8,11-15,17-18H2,1-2H3/t20-,23-,25-/m0/s1. The lowest BCUT2D eigenvalue weighted by atomic mass is 9.57. The molecule has 1 heterocycles. The Bertz CT molecular complexity index is 768. The minimum atomic E-state index is 0.261. The van der Waals surface area contributed by atoms with E-state index < -0.39 is 0 Å². The summed E-state index contributed by atoms with van der Waals surface area (Å²) in [4.78, 5) is 2.68. The molecule has 0 amide bonds. The second kappa shape index (κ2) is 7.67. The van der Waals surface area contributed by atoms with Crippen molar-refractivity contribution < 1.29 is 5.11 Å². The third kappa shape index (κ3) is 3.91. The topological polar surface area (TPSA) is 23.5 Å². The van der Waals surface area contributed by atoms with Crippen LogP contribution in [-0.2, 0) is 11.8 Å². The zero-order valence-electron chi connectivity index (χ0n) is 16.8. The average Bonchev–Trinajstić information content (AvgIpc) is 2.67. The highest BCUT2D eigenvalue weighted by Crippen LogP contribution is 2.51. The molecule has 1 N–H and O–H groups in total. The maximum absolute atomic E-state index is 10.1. The predicted octanol–water partition coefficient (Wildman–Crippen LogP) is 5.32. The molecule has 0 spiro atoms. The summed E-state index contributed by atoms with van der Waals surface area (Å²) in [5, 5.41) is 10.1. The molecule has 0 bridgehead atoms. The second-order valence-electron chi connectivity index (χ2n) is 9.08. The van der Waals surface area contributed by atoms with Gasteiger partial charge in [0, 0.05) is 18.5 Å². The highest BCUT2D eigenvalue weighted by molar-refractivity contribution is 5.35. The number of phenolic OH excluding ortho intramolecular Hbond substituents is 1. The molecule has 2 nitrogen and oxygen atoms in total. The van der Waals surface area contributed by atoms with Gasteiger partial charge in [-0.1, -0.05) is 55.3 Å². The van der Waals surface area contributed by atoms with E-state index in [1.165, 1.54) is 55.5 Å². The van der Waals surface area contributed by atoms with Gasteiger partial charge in [-0.25, -0.2) is 0 Å². The number of benzene rings is 2. The van der Waals surface area contributed by atoms with Crippen molar-refractivity contribution in [1.29, 1.82) is 0 Å². The number of fused-ring (bicyclic) bond motifs is 1. The first-order chi connectivity index (χ1) is 13.0. The van der Waals surface area contributed by atoms with E-state index in [9.17, 15) is 5.11 Å². The lowest BCUT2D eigenvalue weighted by Gasteiger charge is -2.53. The Morgan fingerprint density at radius 3 is 2.70 bits per heavy atom. The second-order valence-corrected chi connectivity index (χ2v) is 9.08. The number of rotatable bonds is 4. The van der Waals surface area contributed by atoms with Crippen molar-refractivity contribution in [2.75, 3.05) is 19.6 Å². The monoisotopic (exact) mass is 363 g/mol. The SMILES string of the molecule is Cc1ccc(CCN2CC[C@@]3(c4cccc(O)c4)C[C@@H](C)CC[C@H]3C2)cc1. The Balaban J connectivity index is 1.48. The molecule has 144 valence electrons. The van der Waals surface area contributed by atoms with Gasteiger partial charge >= 0.3 is 0 Å². The fourth-order valence-corrected chi connectivity index (χ4v) is 5.54. The number of piperidine rings is 1. The van der Waals surface area contributed by atoms with Crippen LogP contribution in [0.3, 0.4) is 0 Å². The molecule has 0 aromatic heterocycles. The van der Waals surface area contributed by atoms with E-state index in [0.717, 1.165) is 18.9 Å². The third-order valence-corrected chi connectivity index (χ3v) is 7.11. The highest BCUT2D eigenvalue weighted by Gasteiger charge is 2.47. The molecular formula is C25H33NO. The first-order valence-corrected chi connectivity index (χ1v) is 10.6. The Morgan fingerprint density at radius 1 is 1.11 bits per heavy atom. The van der Waals surface area contributed by atoms with Crippen LogP contribution in [0.15, 0.2) is 48.5 Å². The van der Waals surface area contributed by atoms with E-state index in [4.69, 9.17) is 0 Å². The first kappa shape index (κ1) is 18.6. The molecule has 2 aromatic rings. The molecule has 4 rings (SSSR count). The molecule has 1 aliphatic carbocycles. The summed E-state index contributed by atoms with van der Waals surface area (Å²) in [5.41, 5.74) is 4.42. The quantitative estimate of drug-likeness (QED) is 0.794. The molecule has 2 fully saturated rings. The molecule has 2 aliphatic rings. The number of likely N-dealkylation sites (tertiary alicyclic amines) is 1. The number of aryl methyl sites for hydroxylation is 1. The van der Waals surface area contributed by atoms with Crippen LogP contribution in [0.2, 0.25) is 0 Å². The molecule has 27 heavy (non-hydrogen) atoms. The largest absolute Gasteiger partial charge is 0.508 e. The Labute approximate surface area is 164 Å². The van der Waals surface area contributed by atoms with E-state index in [0.29, 0.717) is 11.7 Å². The molecule has 0 radical (unpaired) electrons. The van der Waals surface area contributed by atoms with Gasteiger partial charge in [0.2, 0.25) is 0 Å². The van der Waals surface area contributed by atoms with Crippen molar-refractivity contribution >= 4 is 0 Å². The summed E-state index contributed by atoms with van der Waals surface area (Å²) >= 11 is 0. The third-order valence-electron chi connectivity index (χ3n) is 7.11. The molecule has 2 aromatic carbocycles. The maximum atomic E-state index is 10.1. The summed E-state index contributed by atoms with van der Waals surface area (Å²) in [6.45, 7) is 8.09. The van der Waals surface area contributed by atoms with Crippen LogP contribution in [0.25, 0.3) is 0 Å². The lowest BCUT2D eigenvalue weighted by Crippen LogP contribution is -2.52. The summed E-state index contributed by atoms with van der Waals surface area (Å²) in [6, 6.07) is 17.1. The molecule has 1 saturated carbocycles. The Hall–Kier alpha value is -1.80. The van der Waals surface area contributed by atoms with Gasteiger partial charge in [0.25, 0.3) is 0 Å². The number of nitrogens with zero attached hydrogens (tertiary/aromatic N) is 1. The van der Waals surface area contributed by atoms with Gasteiger partial charge in [-0.2, -0.15) is 0 Å². The van der Waals surface area contributed by atoms with Gasteiger partial charge in [-0.15, -0.1) is 0 Å². The Kier molecular flexibility index (Phi) is 5.27. The summed E-state index contributed by atoms with van der Waals surface area (Å²) < 4.78 is 0. The summed E-state index contributed by atoms with van der Waals surface area (Å²) in [6.07, 6.45) is 6.30.